The number of rotatable bonds is 6. The molecular formula is C21H23NO4. The van der Waals surface area contributed by atoms with Gasteiger partial charge in [-0.25, -0.2) is 4.79 Å². The van der Waals surface area contributed by atoms with E-state index in [0.717, 1.165) is 11.1 Å². The van der Waals surface area contributed by atoms with Crippen LogP contribution in [0, 0.1) is 19.8 Å². The van der Waals surface area contributed by atoms with Gasteiger partial charge in [-0.3, -0.25) is 9.59 Å². The minimum atomic E-state index is -0.514. The molecule has 0 saturated heterocycles. The third-order valence-electron chi connectivity index (χ3n) is 4.16. The standard InChI is InChI=1S/C21H23NO4/c1-13(2)20(24)22-17-10-8-16(9-11-17)19(23)12-26-21(25)18-7-5-6-14(3)15(18)4/h5-11,13H,12H2,1-4H3,(H,22,24). The molecule has 0 fully saturated rings. The number of anilines is 1. The molecule has 26 heavy (non-hydrogen) atoms. The molecule has 1 amide bonds. The highest BCUT2D eigenvalue weighted by atomic mass is 16.5. The van der Waals surface area contributed by atoms with E-state index in [0.29, 0.717) is 16.8 Å². The summed E-state index contributed by atoms with van der Waals surface area (Å²) in [6.07, 6.45) is 0. The minimum absolute atomic E-state index is 0.0912. The third kappa shape index (κ3) is 4.79. The van der Waals surface area contributed by atoms with Crippen LogP contribution < -0.4 is 5.32 Å². The summed E-state index contributed by atoms with van der Waals surface area (Å²) in [7, 11) is 0. The quantitative estimate of drug-likeness (QED) is 0.631. The summed E-state index contributed by atoms with van der Waals surface area (Å²) in [6.45, 7) is 7.04. The van der Waals surface area contributed by atoms with Crippen molar-refractivity contribution in [2.45, 2.75) is 27.7 Å². The van der Waals surface area contributed by atoms with Crippen LogP contribution in [-0.4, -0.2) is 24.3 Å². The molecule has 0 aliphatic rings. The van der Waals surface area contributed by atoms with Gasteiger partial charge in [0.1, 0.15) is 0 Å². The Morgan fingerprint density at radius 2 is 1.65 bits per heavy atom. The molecular weight excluding hydrogens is 330 g/mol. The third-order valence-corrected chi connectivity index (χ3v) is 4.16. The molecule has 136 valence electrons. The number of amides is 1. The van der Waals surface area contributed by atoms with Gasteiger partial charge in [0.2, 0.25) is 5.91 Å². The minimum Gasteiger partial charge on any atom is -0.454 e. The molecule has 2 aromatic rings. The first-order chi connectivity index (χ1) is 12.3. The van der Waals surface area contributed by atoms with Crippen molar-refractivity contribution in [2.75, 3.05) is 11.9 Å². The first-order valence-corrected chi connectivity index (χ1v) is 8.47. The Morgan fingerprint density at radius 3 is 2.27 bits per heavy atom. The molecule has 0 aliphatic carbocycles. The van der Waals surface area contributed by atoms with Gasteiger partial charge in [0, 0.05) is 17.2 Å². The predicted molar refractivity (Wildman–Crippen MR) is 100 cm³/mol. The van der Waals surface area contributed by atoms with Crippen molar-refractivity contribution >= 4 is 23.3 Å². The number of ketones is 1. The number of hydrogen-bond donors (Lipinski definition) is 1. The van der Waals surface area contributed by atoms with Crippen molar-refractivity contribution in [1.29, 1.82) is 0 Å². The van der Waals surface area contributed by atoms with Crippen LogP contribution in [0.15, 0.2) is 42.5 Å². The summed E-state index contributed by atoms with van der Waals surface area (Å²) in [6, 6.07) is 11.9. The van der Waals surface area contributed by atoms with E-state index in [1.54, 1.807) is 50.2 Å². The van der Waals surface area contributed by atoms with Crippen LogP contribution in [0.2, 0.25) is 0 Å². The molecule has 0 aliphatic heterocycles. The predicted octanol–water partition coefficient (Wildman–Crippen LogP) is 3.94. The summed E-state index contributed by atoms with van der Waals surface area (Å²) in [5.74, 6) is -1.03. The Bertz CT molecular complexity index is 822. The van der Waals surface area contributed by atoms with Gasteiger partial charge < -0.3 is 10.1 Å². The summed E-state index contributed by atoms with van der Waals surface area (Å²) in [5.41, 5.74) is 3.33. The number of nitrogens with one attached hydrogen (secondary N) is 1. The topological polar surface area (TPSA) is 72.5 Å². The Hall–Kier alpha value is -2.95. The van der Waals surface area contributed by atoms with E-state index in [1.807, 2.05) is 19.9 Å². The molecule has 0 aromatic heterocycles. The van der Waals surface area contributed by atoms with Crippen LogP contribution in [0.1, 0.15) is 45.7 Å². The molecule has 0 radical (unpaired) electrons. The van der Waals surface area contributed by atoms with Crippen LogP contribution in [0.25, 0.3) is 0 Å². The highest BCUT2D eigenvalue weighted by molar-refractivity contribution is 6.00. The molecule has 0 atom stereocenters. The number of Topliss-reactive ketones (excluding diaryl/α,β-unsaturated/α-hetero) is 1. The summed E-state index contributed by atoms with van der Waals surface area (Å²) in [4.78, 5) is 36.0. The normalized spacial score (nSPS) is 10.5. The van der Waals surface area contributed by atoms with Crippen LogP contribution in [0.4, 0.5) is 5.69 Å². The number of carbonyl (C=O) groups excluding carboxylic acids is 3. The second-order valence-electron chi connectivity index (χ2n) is 6.47. The number of ether oxygens (including phenoxy) is 1. The SMILES string of the molecule is Cc1cccc(C(=O)OCC(=O)c2ccc(NC(=O)C(C)C)cc2)c1C. The molecule has 5 heteroatoms. The Morgan fingerprint density at radius 1 is 1.00 bits per heavy atom. The highest BCUT2D eigenvalue weighted by Crippen LogP contribution is 2.15. The molecule has 2 aromatic carbocycles. The monoisotopic (exact) mass is 353 g/mol. The highest BCUT2D eigenvalue weighted by Gasteiger charge is 2.15. The van der Waals surface area contributed by atoms with Crippen molar-refractivity contribution in [3.05, 3.63) is 64.7 Å². The maximum atomic E-state index is 12.2. The van der Waals surface area contributed by atoms with Crippen molar-refractivity contribution < 1.29 is 19.1 Å². The van der Waals surface area contributed by atoms with Crippen LogP contribution in [0.5, 0.6) is 0 Å². The molecule has 0 heterocycles. The fraction of sp³-hybridized carbons (Fsp3) is 0.286. The largest absolute Gasteiger partial charge is 0.454 e. The number of aryl methyl sites for hydroxylation is 1. The molecule has 5 nitrogen and oxygen atoms in total. The number of benzene rings is 2. The van der Waals surface area contributed by atoms with Gasteiger partial charge >= 0.3 is 5.97 Å². The lowest BCUT2D eigenvalue weighted by atomic mass is 10.0. The Balaban J connectivity index is 1.96. The van der Waals surface area contributed by atoms with E-state index in [9.17, 15) is 14.4 Å². The van der Waals surface area contributed by atoms with E-state index >= 15 is 0 Å². The average molecular weight is 353 g/mol. The van der Waals surface area contributed by atoms with Gasteiger partial charge in [0.05, 0.1) is 5.56 Å². The molecule has 0 spiro atoms. The van der Waals surface area contributed by atoms with Gasteiger partial charge in [-0.15, -0.1) is 0 Å². The Labute approximate surface area is 153 Å². The van der Waals surface area contributed by atoms with Crippen LogP contribution >= 0.6 is 0 Å². The fourth-order valence-corrected chi connectivity index (χ4v) is 2.29. The van der Waals surface area contributed by atoms with E-state index in [4.69, 9.17) is 4.74 Å². The first kappa shape index (κ1) is 19.4. The lowest BCUT2D eigenvalue weighted by Crippen LogP contribution is -2.18. The van der Waals surface area contributed by atoms with Gasteiger partial charge in [0.15, 0.2) is 12.4 Å². The van der Waals surface area contributed by atoms with E-state index in [2.05, 4.69) is 5.32 Å². The lowest BCUT2D eigenvalue weighted by molar-refractivity contribution is -0.118. The second-order valence-corrected chi connectivity index (χ2v) is 6.47. The van der Waals surface area contributed by atoms with Crippen molar-refractivity contribution in [1.82, 2.24) is 0 Å². The lowest BCUT2D eigenvalue weighted by Gasteiger charge is -2.10. The number of carbonyl (C=O) groups is 3. The van der Waals surface area contributed by atoms with Gasteiger partial charge in [-0.05, 0) is 55.3 Å². The molecule has 1 N–H and O–H groups in total. The molecule has 0 unspecified atom stereocenters. The molecule has 2 rings (SSSR count). The summed E-state index contributed by atoms with van der Waals surface area (Å²) >= 11 is 0. The van der Waals surface area contributed by atoms with Gasteiger partial charge in [0.25, 0.3) is 0 Å². The average Bonchev–Trinajstić information content (AvgIpc) is 2.62. The van der Waals surface area contributed by atoms with Gasteiger partial charge in [-0.1, -0.05) is 26.0 Å². The van der Waals surface area contributed by atoms with E-state index < -0.39 is 5.97 Å². The molecule has 0 bridgehead atoms. The number of hydrogen-bond acceptors (Lipinski definition) is 4. The second kappa shape index (κ2) is 8.43. The zero-order chi connectivity index (χ0) is 19.3. The van der Waals surface area contributed by atoms with Crippen molar-refractivity contribution in [3.8, 4) is 0 Å². The molecule has 0 saturated carbocycles. The van der Waals surface area contributed by atoms with E-state index in [-0.39, 0.29) is 24.2 Å². The number of esters is 1. The van der Waals surface area contributed by atoms with Crippen molar-refractivity contribution in [3.63, 3.8) is 0 Å². The maximum Gasteiger partial charge on any atom is 0.338 e. The summed E-state index contributed by atoms with van der Waals surface area (Å²) in [5, 5.41) is 2.76. The Kier molecular flexibility index (Phi) is 6.28. The zero-order valence-electron chi connectivity index (χ0n) is 15.5. The zero-order valence-corrected chi connectivity index (χ0v) is 15.5. The fourth-order valence-electron chi connectivity index (χ4n) is 2.29. The van der Waals surface area contributed by atoms with Gasteiger partial charge in [-0.2, -0.15) is 0 Å². The van der Waals surface area contributed by atoms with Crippen LogP contribution in [0.3, 0.4) is 0 Å². The van der Waals surface area contributed by atoms with Crippen molar-refractivity contribution in [2.24, 2.45) is 5.92 Å². The summed E-state index contributed by atoms with van der Waals surface area (Å²) < 4.78 is 5.15. The smallest absolute Gasteiger partial charge is 0.338 e. The maximum absolute atomic E-state index is 12.2. The first-order valence-electron chi connectivity index (χ1n) is 8.47. The van der Waals surface area contributed by atoms with E-state index in [1.165, 1.54) is 0 Å². The van der Waals surface area contributed by atoms with Crippen LogP contribution in [-0.2, 0) is 9.53 Å².